The molecule has 1 aliphatic heterocycles. The number of ether oxygens (including phenoxy) is 3. The average Bonchev–Trinajstić information content (AvgIpc) is 3.23. The minimum absolute atomic E-state index is 0.104. The average molecular weight is 558 g/mol. The number of halogens is 2. The number of hydrogen-bond acceptors (Lipinski definition) is 8. The molecule has 0 fully saturated rings. The summed E-state index contributed by atoms with van der Waals surface area (Å²) in [6.45, 7) is 4.56. The Morgan fingerprint density at radius 3 is 2.41 bits per heavy atom. The second-order valence-electron chi connectivity index (χ2n) is 8.63. The zero-order chi connectivity index (χ0) is 28.3. The van der Waals surface area contributed by atoms with Crippen LogP contribution in [0.3, 0.4) is 0 Å². The van der Waals surface area contributed by atoms with Crippen molar-refractivity contribution in [3.63, 3.8) is 0 Å². The Hall–Kier alpha value is -3.99. The number of carbonyl (C=O) groups excluding carboxylic acids is 1. The van der Waals surface area contributed by atoms with E-state index >= 15 is 0 Å². The molecule has 0 saturated carbocycles. The summed E-state index contributed by atoms with van der Waals surface area (Å²) in [6.07, 6.45) is 1.62. The van der Waals surface area contributed by atoms with Crippen LogP contribution >= 0.6 is 11.3 Å². The van der Waals surface area contributed by atoms with Crippen molar-refractivity contribution in [1.82, 2.24) is 4.57 Å². The number of esters is 1. The lowest BCUT2D eigenvalue weighted by Gasteiger charge is -2.26. The van der Waals surface area contributed by atoms with Crippen LogP contribution in [0.25, 0.3) is 6.08 Å². The summed E-state index contributed by atoms with van der Waals surface area (Å²) in [5.41, 5.74) is 2.71. The van der Waals surface area contributed by atoms with Gasteiger partial charge in [0.25, 0.3) is 5.56 Å². The van der Waals surface area contributed by atoms with Crippen LogP contribution < -0.4 is 29.3 Å². The highest BCUT2D eigenvalue weighted by molar-refractivity contribution is 7.07. The number of rotatable bonds is 9. The zero-order valence-corrected chi connectivity index (χ0v) is 23.1. The Morgan fingerprint density at radius 1 is 1.13 bits per heavy atom. The highest BCUT2D eigenvalue weighted by atomic mass is 32.1. The normalized spacial score (nSPS) is 15.2. The first kappa shape index (κ1) is 28.0. The van der Waals surface area contributed by atoms with E-state index in [0.29, 0.717) is 20.6 Å². The summed E-state index contributed by atoms with van der Waals surface area (Å²) >= 11 is 1.17. The largest absolute Gasteiger partial charge is 0.493 e. The third kappa shape index (κ3) is 5.58. The molecular formula is C28H29F2N3O5S. The van der Waals surface area contributed by atoms with Crippen molar-refractivity contribution in [1.29, 1.82) is 0 Å². The summed E-state index contributed by atoms with van der Waals surface area (Å²) in [5.74, 6) is -0.577. The standard InChI is InChI=1S/C28H29F2N3O5S/c1-6-32(7-2)19-11-9-18(10-12-19)24-23(26(35)37-5)16(3)31-28-33(24)25(34)22(39-28)15-17-8-13-20(38-27(29)30)21(14-17)36-4/h8-15,24,27H,6-7H2,1-5H3/b22-15+/t24-/m0/s1. The van der Waals surface area contributed by atoms with E-state index in [1.807, 2.05) is 24.3 Å². The number of fused-ring (bicyclic) bond motifs is 1. The maximum Gasteiger partial charge on any atom is 0.387 e. The molecule has 1 atom stereocenters. The number of methoxy groups -OCH3 is 2. The molecular weight excluding hydrogens is 528 g/mol. The van der Waals surface area contributed by atoms with E-state index in [9.17, 15) is 18.4 Å². The monoisotopic (exact) mass is 557 g/mol. The van der Waals surface area contributed by atoms with Gasteiger partial charge < -0.3 is 19.1 Å². The minimum Gasteiger partial charge on any atom is -0.493 e. The molecule has 0 aliphatic carbocycles. The number of alkyl halides is 2. The van der Waals surface area contributed by atoms with E-state index < -0.39 is 18.6 Å². The van der Waals surface area contributed by atoms with Gasteiger partial charge in [-0.15, -0.1) is 0 Å². The van der Waals surface area contributed by atoms with Gasteiger partial charge in [-0.1, -0.05) is 29.5 Å². The first-order valence-electron chi connectivity index (χ1n) is 12.3. The first-order valence-corrected chi connectivity index (χ1v) is 13.1. The van der Waals surface area contributed by atoms with Crippen LogP contribution in [0.1, 0.15) is 37.9 Å². The number of hydrogen-bond donors (Lipinski definition) is 0. The van der Waals surface area contributed by atoms with Gasteiger partial charge in [-0.05, 0) is 62.2 Å². The molecule has 1 aromatic heterocycles. The van der Waals surface area contributed by atoms with Crippen LogP contribution in [0, 0.1) is 0 Å². The maximum atomic E-state index is 13.7. The fraction of sp³-hybridized carbons (Fsp3) is 0.321. The van der Waals surface area contributed by atoms with Crippen molar-refractivity contribution < 1.29 is 27.8 Å². The summed E-state index contributed by atoms with van der Waals surface area (Å²) in [4.78, 5) is 33.8. The van der Waals surface area contributed by atoms with Gasteiger partial charge in [-0.25, -0.2) is 9.79 Å². The SMILES string of the molecule is CCN(CC)c1ccc([C@H]2C(C(=O)OC)=C(C)N=c3s/c(=C/c4ccc(OC(F)F)c(OC)c4)c(=O)n32)cc1. The molecule has 8 nitrogen and oxygen atoms in total. The van der Waals surface area contributed by atoms with E-state index in [2.05, 4.69) is 28.5 Å². The van der Waals surface area contributed by atoms with Gasteiger partial charge in [0.1, 0.15) is 0 Å². The third-order valence-corrected chi connectivity index (χ3v) is 7.45. The van der Waals surface area contributed by atoms with Crippen molar-refractivity contribution in [3.05, 3.63) is 84.5 Å². The van der Waals surface area contributed by atoms with Crippen molar-refractivity contribution in [2.75, 3.05) is 32.2 Å². The summed E-state index contributed by atoms with van der Waals surface area (Å²) < 4.78 is 42.0. The Morgan fingerprint density at radius 2 is 1.82 bits per heavy atom. The van der Waals surface area contributed by atoms with Gasteiger partial charge in [0.05, 0.1) is 36.1 Å². The Labute approximate surface area is 228 Å². The quantitative estimate of drug-likeness (QED) is 0.372. The zero-order valence-electron chi connectivity index (χ0n) is 22.2. The number of anilines is 1. The predicted octanol–water partition coefficient (Wildman–Crippen LogP) is 3.86. The Bertz CT molecular complexity index is 1570. The smallest absolute Gasteiger partial charge is 0.387 e. The second-order valence-corrected chi connectivity index (χ2v) is 9.64. The van der Waals surface area contributed by atoms with Gasteiger partial charge in [0.15, 0.2) is 16.3 Å². The molecule has 206 valence electrons. The van der Waals surface area contributed by atoms with Crippen molar-refractivity contribution in [2.24, 2.45) is 4.99 Å². The van der Waals surface area contributed by atoms with Crippen LogP contribution in [-0.2, 0) is 9.53 Å². The van der Waals surface area contributed by atoms with Gasteiger partial charge in [0.2, 0.25) is 0 Å². The lowest BCUT2D eigenvalue weighted by molar-refractivity contribution is -0.136. The van der Waals surface area contributed by atoms with E-state index in [4.69, 9.17) is 9.47 Å². The minimum atomic E-state index is -3.00. The topological polar surface area (TPSA) is 82.4 Å². The highest BCUT2D eigenvalue weighted by Gasteiger charge is 2.33. The maximum absolute atomic E-state index is 13.7. The summed E-state index contributed by atoms with van der Waals surface area (Å²) in [7, 11) is 2.64. The van der Waals surface area contributed by atoms with Crippen molar-refractivity contribution in [2.45, 2.75) is 33.4 Å². The van der Waals surface area contributed by atoms with Crippen LogP contribution in [0.5, 0.6) is 11.5 Å². The van der Waals surface area contributed by atoms with Crippen molar-refractivity contribution in [3.8, 4) is 11.5 Å². The molecule has 0 spiro atoms. The second kappa shape index (κ2) is 11.8. The molecule has 1 aliphatic rings. The molecule has 0 bridgehead atoms. The number of benzene rings is 2. The molecule has 39 heavy (non-hydrogen) atoms. The molecule has 4 rings (SSSR count). The Balaban J connectivity index is 1.86. The van der Waals surface area contributed by atoms with Crippen LogP contribution in [0.2, 0.25) is 0 Å². The lowest BCUT2D eigenvalue weighted by atomic mass is 9.95. The first-order chi connectivity index (χ1) is 18.7. The molecule has 0 radical (unpaired) electrons. The van der Waals surface area contributed by atoms with Crippen LogP contribution in [0.4, 0.5) is 14.5 Å². The molecule has 0 amide bonds. The molecule has 0 saturated heterocycles. The lowest BCUT2D eigenvalue weighted by Crippen LogP contribution is -2.39. The molecule has 3 aromatic rings. The van der Waals surface area contributed by atoms with Crippen LogP contribution in [-0.4, -0.2) is 44.5 Å². The summed E-state index contributed by atoms with van der Waals surface area (Å²) in [6, 6.07) is 11.4. The Kier molecular flexibility index (Phi) is 8.49. The molecule has 2 aromatic carbocycles. The van der Waals surface area contributed by atoms with Gasteiger partial charge in [0, 0.05) is 18.8 Å². The molecule has 2 heterocycles. The number of thiazole rings is 1. The van der Waals surface area contributed by atoms with E-state index in [1.165, 1.54) is 42.3 Å². The third-order valence-electron chi connectivity index (χ3n) is 6.47. The molecule has 11 heteroatoms. The fourth-order valence-electron chi connectivity index (χ4n) is 4.58. The van der Waals surface area contributed by atoms with Gasteiger partial charge in [-0.2, -0.15) is 8.78 Å². The van der Waals surface area contributed by atoms with Gasteiger partial charge >= 0.3 is 12.6 Å². The number of allylic oxidation sites excluding steroid dienone is 1. The summed E-state index contributed by atoms with van der Waals surface area (Å²) in [5, 5.41) is 0. The van der Waals surface area contributed by atoms with E-state index in [0.717, 1.165) is 24.3 Å². The highest BCUT2D eigenvalue weighted by Crippen LogP contribution is 2.32. The number of carbonyl (C=O) groups is 1. The van der Waals surface area contributed by atoms with Gasteiger partial charge in [-0.3, -0.25) is 9.36 Å². The molecule has 0 N–H and O–H groups in total. The fourth-order valence-corrected chi connectivity index (χ4v) is 5.63. The number of aromatic nitrogens is 1. The predicted molar refractivity (Wildman–Crippen MR) is 145 cm³/mol. The van der Waals surface area contributed by atoms with E-state index in [1.54, 1.807) is 19.1 Å². The molecule has 0 unspecified atom stereocenters. The van der Waals surface area contributed by atoms with E-state index in [-0.39, 0.29) is 22.6 Å². The van der Waals surface area contributed by atoms with Crippen LogP contribution in [0.15, 0.2) is 63.5 Å². The number of nitrogens with zero attached hydrogens (tertiary/aromatic N) is 3. The van der Waals surface area contributed by atoms with Crippen molar-refractivity contribution >= 4 is 29.1 Å².